The van der Waals surface area contributed by atoms with Crippen molar-refractivity contribution in [1.29, 1.82) is 0 Å². The van der Waals surface area contributed by atoms with Crippen molar-refractivity contribution >= 4 is 29.1 Å². The molecular formula is C33H30N2O6S. The van der Waals surface area contributed by atoms with E-state index < -0.39 is 12.0 Å². The number of hydrogen-bond acceptors (Lipinski definition) is 8. The van der Waals surface area contributed by atoms with Crippen molar-refractivity contribution in [2.45, 2.75) is 19.4 Å². The van der Waals surface area contributed by atoms with Crippen molar-refractivity contribution in [2.24, 2.45) is 4.99 Å². The van der Waals surface area contributed by atoms with Crippen LogP contribution in [0, 0.1) is 0 Å². The number of phenolic OH excluding ortho intramolecular Hbond substituents is 1. The van der Waals surface area contributed by atoms with Crippen LogP contribution in [0.5, 0.6) is 17.2 Å². The molecular weight excluding hydrogens is 552 g/mol. The fraction of sp³-hybridized carbons (Fsp3) is 0.182. The van der Waals surface area contributed by atoms with Crippen molar-refractivity contribution in [3.8, 4) is 17.2 Å². The Hall–Kier alpha value is -4.89. The second-order valence-corrected chi connectivity index (χ2v) is 10.4. The summed E-state index contributed by atoms with van der Waals surface area (Å²) in [7, 11) is 3.05. The second kappa shape index (κ2) is 12.3. The molecule has 0 radical (unpaired) electrons. The van der Waals surface area contributed by atoms with Crippen LogP contribution in [0.4, 0.5) is 0 Å². The standard InChI is InChI=1S/C33H30N2O6S/c1-5-10-23-17-20(18-25(40-4)30(23)36)19-26-31(37)35-29(22-13-15-24(39-3)16-14-22)27(32(38)41-6-2)28(34-33(35)42-26)21-11-8-7-9-12-21/h5,7-9,11-19,29,36H,1,6,10H2,2-4H3/b26-19+/t29-/m1/s1. The summed E-state index contributed by atoms with van der Waals surface area (Å²) in [5, 5.41) is 10.5. The topological polar surface area (TPSA) is 99.4 Å². The Kier molecular flexibility index (Phi) is 8.40. The van der Waals surface area contributed by atoms with Gasteiger partial charge in [0.2, 0.25) is 0 Å². The summed E-state index contributed by atoms with van der Waals surface area (Å²) >= 11 is 1.22. The number of rotatable bonds is 9. The summed E-state index contributed by atoms with van der Waals surface area (Å²) in [4.78, 5) is 33.0. The third-order valence-electron chi connectivity index (χ3n) is 6.86. The minimum absolute atomic E-state index is 0.0297. The molecule has 1 aliphatic heterocycles. The van der Waals surface area contributed by atoms with E-state index in [2.05, 4.69) is 6.58 Å². The van der Waals surface area contributed by atoms with Gasteiger partial charge in [0, 0.05) is 11.1 Å². The number of carbonyl (C=O) groups excluding carboxylic acids is 1. The summed E-state index contributed by atoms with van der Waals surface area (Å²) in [6.45, 7) is 5.67. The molecule has 8 nitrogen and oxygen atoms in total. The number of methoxy groups -OCH3 is 2. The number of nitrogens with zero attached hydrogens (tertiary/aromatic N) is 2. The van der Waals surface area contributed by atoms with E-state index in [9.17, 15) is 14.7 Å². The number of aromatic hydroxyl groups is 1. The first-order valence-electron chi connectivity index (χ1n) is 13.3. The predicted octanol–water partition coefficient (Wildman–Crippen LogP) is 4.39. The van der Waals surface area contributed by atoms with E-state index in [-0.39, 0.29) is 23.5 Å². The molecule has 0 saturated heterocycles. The number of carbonyl (C=O) groups is 1. The van der Waals surface area contributed by atoms with E-state index in [1.54, 1.807) is 55.0 Å². The van der Waals surface area contributed by atoms with Crippen LogP contribution in [-0.4, -0.2) is 36.5 Å². The molecule has 0 amide bonds. The molecule has 42 heavy (non-hydrogen) atoms. The molecule has 1 aromatic heterocycles. The number of phenols is 1. The third-order valence-corrected chi connectivity index (χ3v) is 7.85. The Morgan fingerprint density at radius 1 is 1.10 bits per heavy atom. The van der Waals surface area contributed by atoms with E-state index in [0.717, 1.165) is 5.56 Å². The number of esters is 1. The molecule has 2 heterocycles. The second-order valence-electron chi connectivity index (χ2n) is 9.43. The van der Waals surface area contributed by atoms with Crippen LogP contribution in [0.3, 0.4) is 0 Å². The highest BCUT2D eigenvalue weighted by atomic mass is 32.1. The van der Waals surface area contributed by atoms with Gasteiger partial charge in [-0.3, -0.25) is 9.36 Å². The Morgan fingerprint density at radius 3 is 2.48 bits per heavy atom. The maximum absolute atomic E-state index is 14.1. The van der Waals surface area contributed by atoms with Crippen LogP contribution in [0.1, 0.15) is 35.2 Å². The molecule has 0 fully saturated rings. The quantitative estimate of drug-likeness (QED) is 0.232. The molecule has 3 aromatic carbocycles. The molecule has 0 unspecified atom stereocenters. The van der Waals surface area contributed by atoms with Gasteiger partial charge in [0.25, 0.3) is 5.56 Å². The summed E-state index contributed by atoms with van der Waals surface area (Å²) in [5.74, 6) is 0.419. The van der Waals surface area contributed by atoms with Crippen LogP contribution in [0.2, 0.25) is 0 Å². The number of ether oxygens (including phenoxy) is 3. The van der Waals surface area contributed by atoms with Gasteiger partial charge in [0.1, 0.15) is 5.75 Å². The minimum Gasteiger partial charge on any atom is -0.504 e. The lowest BCUT2D eigenvalue weighted by molar-refractivity contribution is -0.138. The summed E-state index contributed by atoms with van der Waals surface area (Å²) in [6, 6.07) is 19.3. The molecule has 0 aliphatic carbocycles. The monoisotopic (exact) mass is 582 g/mol. The average molecular weight is 583 g/mol. The van der Waals surface area contributed by atoms with Gasteiger partial charge in [-0.05, 0) is 54.8 Å². The van der Waals surface area contributed by atoms with Crippen molar-refractivity contribution in [3.63, 3.8) is 0 Å². The summed E-state index contributed by atoms with van der Waals surface area (Å²) in [5.41, 5.74) is 3.12. The Morgan fingerprint density at radius 2 is 1.83 bits per heavy atom. The largest absolute Gasteiger partial charge is 0.504 e. The molecule has 1 aliphatic rings. The third kappa shape index (κ3) is 5.38. The lowest BCUT2D eigenvalue weighted by Crippen LogP contribution is -2.40. The van der Waals surface area contributed by atoms with Gasteiger partial charge in [-0.1, -0.05) is 59.9 Å². The first-order valence-corrected chi connectivity index (χ1v) is 14.1. The van der Waals surface area contributed by atoms with Crippen LogP contribution in [0.25, 0.3) is 11.8 Å². The Labute approximate surface area is 246 Å². The maximum Gasteiger partial charge on any atom is 0.338 e. The van der Waals surface area contributed by atoms with E-state index in [1.807, 2.05) is 42.5 Å². The zero-order valence-corrected chi connectivity index (χ0v) is 24.3. The van der Waals surface area contributed by atoms with Crippen molar-refractivity contribution in [3.05, 3.63) is 127 Å². The fourth-order valence-electron chi connectivity index (χ4n) is 4.93. The lowest BCUT2D eigenvalue weighted by Gasteiger charge is -2.26. The van der Waals surface area contributed by atoms with Crippen molar-refractivity contribution in [1.82, 2.24) is 4.57 Å². The SMILES string of the molecule is C=CCc1cc(/C=c2/sc3n(c2=O)[C@H](c2ccc(OC)cc2)C(C(=O)OCC)=C(c2ccccc2)N=3)cc(OC)c1O. The van der Waals surface area contributed by atoms with Gasteiger partial charge in [0.05, 0.1) is 42.7 Å². The molecule has 5 rings (SSSR count). The molecule has 1 atom stereocenters. The van der Waals surface area contributed by atoms with Crippen LogP contribution >= 0.6 is 11.3 Å². The highest BCUT2D eigenvalue weighted by Crippen LogP contribution is 2.36. The molecule has 214 valence electrons. The van der Waals surface area contributed by atoms with Gasteiger partial charge >= 0.3 is 5.97 Å². The van der Waals surface area contributed by atoms with Gasteiger partial charge in [-0.2, -0.15) is 0 Å². The number of allylic oxidation sites excluding steroid dienone is 1. The number of fused-ring (bicyclic) bond motifs is 1. The molecule has 0 bridgehead atoms. The number of aromatic nitrogens is 1. The number of hydrogen-bond donors (Lipinski definition) is 1. The zero-order valence-electron chi connectivity index (χ0n) is 23.5. The van der Waals surface area contributed by atoms with Gasteiger partial charge in [-0.25, -0.2) is 9.79 Å². The normalized spacial score (nSPS) is 14.6. The Bertz CT molecular complexity index is 1850. The zero-order chi connectivity index (χ0) is 29.8. The summed E-state index contributed by atoms with van der Waals surface area (Å²) < 4.78 is 18.2. The number of benzene rings is 3. The van der Waals surface area contributed by atoms with Gasteiger partial charge < -0.3 is 19.3 Å². The van der Waals surface area contributed by atoms with E-state index >= 15 is 0 Å². The highest BCUT2D eigenvalue weighted by Gasteiger charge is 2.35. The fourth-order valence-corrected chi connectivity index (χ4v) is 5.93. The lowest BCUT2D eigenvalue weighted by atomic mass is 9.93. The predicted molar refractivity (Wildman–Crippen MR) is 163 cm³/mol. The molecule has 0 saturated carbocycles. The van der Waals surface area contributed by atoms with Crippen LogP contribution in [-0.2, 0) is 16.0 Å². The Balaban J connectivity index is 1.80. The van der Waals surface area contributed by atoms with Crippen molar-refractivity contribution in [2.75, 3.05) is 20.8 Å². The smallest absolute Gasteiger partial charge is 0.338 e. The minimum atomic E-state index is -0.797. The first-order chi connectivity index (χ1) is 20.4. The summed E-state index contributed by atoms with van der Waals surface area (Å²) in [6.07, 6.45) is 3.84. The van der Waals surface area contributed by atoms with E-state index in [1.165, 1.54) is 18.4 Å². The average Bonchev–Trinajstić information content (AvgIpc) is 3.32. The molecule has 1 N–H and O–H groups in total. The molecule has 4 aromatic rings. The molecule has 9 heteroatoms. The van der Waals surface area contributed by atoms with Crippen LogP contribution in [0.15, 0.2) is 94.7 Å². The highest BCUT2D eigenvalue weighted by molar-refractivity contribution is 7.07. The molecule has 0 spiro atoms. The van der Waals surface area contributed by atoms with Gasteiger partial charge in [-0.15, -0.1) is 6.58 Å². The maximum atomic E-state index is 14.1. The van der Waals surface area contributed by atoms with E-state index in [4.69, 9.17) is 19.2 Å². The van der Waals surface area contributed by atoms with Gasteiger partial charge in [0.15, 0.2) is 16.3 Å². The first kappa shape index (κ1) is 28.6. The van der Waals surface area contributed by atoms with E-state index in [0.29, 0.717) is 49.6 Å². The van der Waals surface area contributed by atoms with Crippen molar-refractivity contribution < 1.29 is 24.1 Å². The van der Waals surface area contributed by atoms with Crippen LogP contribution < -0.4 is 24.4 Å². The number of thiazole rings is 1.